The Balaban J connectivity index is 0.00000225. The van der Waals surface area contributed by atoms with E-state index in [0.29, 0.717) is 24.0 Å². The van der Waals surface area contributed by atoms with Gasteiger partial charge in [0.05, 0.1) is 6.61 Å². The molecular formula is C22H23FN2O3. The van der Waals surface area contributed by atoms with E-state index in [1.54, 1.807) is 18.2 Å². The van der Waals surface area contributed by atoms with Crippen LogP contribution >= 0.6 is 0 Å². The Morgan fingerprint density at radius 1 is 1.14 bits per heavy atom. The molecule has 1 N–H and O–H groups in total. The second-order valence-corrected chi connectivity index (χ2v) is 6.72. The molecule has 0 saturated heterocycles. The summed E-state index contributed by atoms with van der Waals surface area (Å²) in [5.41, 5.74) is 1.54. The monoisotopic (exact) mass is 382 g/mol. The molecule has 4 rings (SSSR count). The molecule has 0 bridgehead atoms. The van der Waals surface area contributed by atoms with Crippen molar-refractivity contribution in [2.24, 2.45) is 5.92 Å². The van der Waals surface area contributed by atoms with Crippen LogP contribution in [0.4, 0.5) is 4.39 Å². The molecule has 1 amide bonds. The van der Waals surface area contributed by atoms with Gasteiger partial charge in [-0.1, -0.05) is 42.9 Å². The zero-order chi connectivity index (χ0) is 18.6. The van der Waals surface area contributed by atoms with Gasteiger partial charge < -0.3 is 14.6 Å². The maximum Gasteiger partial charge on any atom is 0.290 e. The van der Waals surface area contributed by atoms with E-state index in [4.69, 9.17) is 9.26 Å². The lowest BCUT2D eigenvalue weighted by molar-refractivity contribution is 0.0815. The molecule has 1 aliphatic carbocycles. The topological polar surface area (TPSA) is 64.4 Å². The number of benzene rings is 2. The summed E-state index contributed by atoms with van der Waals surface area (Å²) in [5.74, 6) is 0.693. The molecule has 3 aromatic rings. The van der Waals surface area contributed by atoms with Crippen molar-refractivity contribution in [3.8, 4) is 17.0 Å². The second-order valence-electron chi connectivity index (χ2n) is 6.72. The number of nitrogens with one attached hydrogen (secondary N) is 1. The standard InChI is InChI=1S/C21H19FN2O3.CH4/c22-16-6-8-18(9-7-16)26-13-14-10-17(11-14)23-21(25)20-12-19(24-27-20)15-4-2-1-3-5-15;/h1-9,12,14,17H,10-11,13H2,(H,23,25);1H4. The fourth-order valence-electron chi connectivity index (χ4n) is 3.12. The molecule has 6 heteroatoms. The third-order valence-electron chi connectivity index (χ3n) is 4.67. The first-order valence-electron chi connectivity index (χ1n) is 8.89. The highest BCUT2D eigenvalue weighted by atomic mass is 19.1. The second kappa shape index (κ2) is 8.69. The number of aromatic nitrogens is 1. The SMILES string of the molecule is C.O=C(NC1CC(COc2ccc(F)cc2)C1)c1cc(-c2ccccc2)no1. The lowest BCUT2D eigenvalue weighted by Gasteiger charge is -2.35. The zero-order valence-corrected chi connectivity index (χ0v) is 14.6. The summed E-state index contributed by atoms with van der Waals surface area (Å²) in [6.45, 7) is 0.554. The first-order chi connectivity index (χ1) is 13.2. The predicted molar refractivity (Wildman–Crippen MR) is 105 cm³/mol. The van der Waals surface area contributed by atoms with Crippen molar-refractivity contribution in [3.05, 3.63) is 72.2 Å². The van der Waals surface area contributed by atoms with Crippen LogP contribution in [0.2, 0.25) is 0 Å². The molecular weight excluding hydrogens is 359 g/mol. The van der Waals surface area contributed by atoms with Crippen LogP contribution in [0.1, 0.15) is 30.8 Å². The molecule has 0 aliphatic heterocycles. The van der Waals surface area contributed by atoms with Crippen LogP contribution in [0.25, 0.3) is 11.3 Å². The van der Waals surface area contributed by atoms with Crippen molar-refractivity contribution >= 4 is 5.91 Å². The number of amides is 1. The number of carbonyl (C=O) groups excluding carboxylic acids is 1. The van der Waals surface area contributed by atoms with Gasteiger partial charge >= 0.3 is 0 Å². The molecule has 5 nitrogen and oxygen atoms in total. The van der Waals surface area contributed by atoms with Crippen molar-refractivity contribution in [1.82, 2.24) is 10.5 Å². The fraction of sp³-hybridized carbons (Fsp3) is 0.273. The number of carbonyl (C=O) groups is 1. The van der Waals surface area contributed by atoms with Crippen LogP contribution in [0, 0.1) is 11.7 Å². The van der Waals surface area contributed by atoms with E-state index in [-0.39, 0.29) is 31.0 Å². The van der Waals surface area contributed by atoms with Gasteiger partial charge in [-0.3, -0.25) is 4.79 Å². The average Bonchev–Trinajstić information content (AvgIpc) is 3.16. The Hall–Kier alpha value is -3.15. The normalized spacial score (nSPS) is 17.9. The maximum atomic E-state index is 12.9. The Morgan fingerprint density at radius 2 is 1.86 bits per heavy atom. The molecule has 28 heavy (non-hydrogen) atoms. The summed E-state index contributed by atoms with van der Waals surface area (Å²) >= 11 is 0. The average molecular weight is 382 g/mol. The van der Waals surface area contributed by atoms with E-state index in [9.17, 15) is 9.18 Å². The van der Waals surface area contributed by atoms with E-state index in [1.165, 1.54) is 12.1 Å². The summed E-state index contributed by atoms with van der Waals surface area (Å²) in [6, 6.07) is 17.3. The molecule has 146 valence electrons. The van der Waals surface area contributed by atoms with Gasteiger partial charge in [0.2, 0.25) is 5.76 Å². The Kier molecular flexibility index (Phi) is 6.09. The molecule has 0 spiro atoms. The van der Waals surface area contributed by atoms with E-state index in [1.807, 2.05) is 30.3 Å². The van der Waals surface area contributed by atoms with Crippen molar-refractivity contribution in [2.45, 2.75) is 26.3 Å². The van der Waals surface area contributed by atoms with E-state index >= 15 is 0 Å². The molecule has 1 fully saturated rings. The smallest absolute Gasteiger partial charge is 0.290 e. The number of ether oxygens (including phenoxy) is 1. The van der Waals surface area contributed by atoms with Gasteiger partial charge in [0.1, 0.15) is 17.3 Å². The number of rotatable bonds is 6. The van der Waals surface area contributed by atoms with Crippen LogP contribution in [-0.2, 0) is 0 Å². The van der Waals surface area contributed by atoms with Crippen LogP contribution < -0.4 is 10.1 Å². The van der Waals surface area contributed by atoms with Gasteiger partial charge in [-0.25, -0.2) is 4.39 Å². The van der Waals surface area contributed by atoms with Crippen LogP contribution in [0.15, 0.2) is 65.2 Å². The molecule has 0 atom stereocenters. The van der Waals surface area contributed by atoms with Crippen LogP contribution in [0.5, 0.6) is 5.75 Å². The highest BCUT2D eigenvalue weighted by Crippen LogP contribution is 2.29. The predicted octanol–water partition coefficient (Wildman–Crippen LogP) is 4.70. The van der Waals surface area contributed by atoms with Gasteiger partial charge in [-0.05, 0) is 43.0 Å². The van der Waals surface area contributed by atoms with E-state index < -0.39 is 0 Å². The Labute approximate surface area is 163 Å². The largest absolute Gasteiger partial charge is 0.493 e. The summed E-state index contributed by atoms with van der Waals surface area (Å²) in [4.78, 5) is 12.3. The van der Waals surface area contributed by atoms with E-state index in [2.05, 4.69) is 10.5 Å². The van der Waals surface area contributed by atoms with Gasteiger partial charge in [0.25, 0.3) is 5.91 Å². The minimum absolute atomic E-state index is 0. The summed E-state index contributed by atoms with van der Waals surface area (Å²) in [6.07, 6.45) is 1.68. The molecule has 1 saturated carbocycles. The van der Waals surface area contributed by atoms with Crippen molar-refractivity contribution in [2.75, 3.05) is 6.61 Å². The lowest BCUT2D eigenvalue weighted by atomic mass is 9.81. The quantitative estimate of drug-likeness (QED) is 0.671. The summed E-state index contributed by atoms with van der Waals surface area (Å²) < 4.78 is 23.7. The van der Waals surface area contributed by atoms with Gasteiger partial charge in [0, 0.05) is 17.7 Å². The number of hydrogen-bond donors (Lipinski definition) is 1. The maximum absolute atomic E-state index is 12.9. The van der Waals surface area contributed by atoms with Gasteiger partial charge in [-0.2, -0.15) is 0 Å². The van der Waals surface area contributed by atoms with Crippen molar-refractivity contribution < 1.29 is 18.4 Å². The van der Waals surface area contributed by atoms with Crippen molar-refractivity contribution in [3.63, 3.8) is 0 Å². The molecule has 1 aliphatic rings. The minimum atomic E-state index is -0.281. The highest BCUT2D eigenvalue weighted by Gasteiger charge is 2.31. The summed E-state index contributed by atoms with van der Waals surface area (Å²) in [7, 11) is 0. The van der Waals surface area contributed by atoms with Gasteiger partial charge in [-0.15, -0.1) is 0 Å². The fourth-order valence-corrected chi connectivity index (χ4v) is 3.12. The summed E-state index contributed by atoms with van der Waals surface area (Å²) in [5, 5.41) is 6.92. The molecule has 0 unspecified atom stereocenters. The molecule has 0 radical (unpaired) electrons. The lowest BCUT2D eigenvalue weighted by Crippen LogP contribution is -2.45. The van der Waals surface area contributed by atoms with Crippen LogP contribution in [0.3, 0.4) is 0 Å². The molecule has 1 heterocycles. The van der Waals surface area contributed by atoms with Crippen LogP contribution in [-0.4, -0.2) is 23.7 Å². The first-order valence-corrected chi connectivity index (χ1v) is 8.89. The number of nitrogens with zero attached hydrogens (tertiary/aromatic N) is 1. The van der Waals surface area contributed by atoms with Crippen molar-refractivity contribution in [1.29, 1.82) is 0 Å². The minimum Gasteiger partial charge on any atom is -0.493 e. The van der Waals surface area contributed by atoms with E-state index in [0.717, 1.165) is 18.4 Å². The third-order valence-corrected chi connectivity index (χ3v) is 4.67. The zero-order valence-electron chi connectivity index (χ0n) is 14.6. The Morgan fingerprint density at radius 3 is 2.57 bits per heavy atom. The third kappa shape index (κ3) is 4.57. The highest BCUT2D eigenvalue weighted by molar-refractivity contribution is 5.92. The Bertz CT molecular complexity index is 903. The van der Waals surface area contributed by atoms with Gasteiger partial charge in [0.15, 0.2) is 0 Å². The number of hydrogen-bond acceptors (Lipinski definition) is 4. The first kappa shape index (κ1) is 19.6. The molecule has 2 aromatic carbocycles. The number of halogens is 1. The molecule has 1 aromatic heterocycles.